The Kier molecular flexibility index (Phi) is 6.62. The van der Waals surface area contributed by atoms with Crippen LogP contribution in [0.2, 0.25) is 0 Å². The molecule has 1 N–H and O–H groups in total. The molecular weight excluding hydrogens is 316 g/mol. The summed E-state index contributed by atoms with van der Waals surface area (Å²) in [6.07, 6.45) is 4.48. The van der Waals surface area contributed by atoms with Crippen LogP contribution in [-0.4, -0.2) is 40.8 Å². The van der Waals surface area contributed by atoms with Crippen molar-refractivity contribution in [3.05, 3.63) is 17.6 Å². The summed E-state index contributed by atoms with van der Waals surface area (Å²) >= 11 is 0. The third kappa shape index (κ3) is 6.52. The van der Waals surface area contributed by atoms with Crippen LogP contribution in [0, 0.1) is 6.92 Å². The van der Waals surface area contributed by atoms with Crippen molar-refractivity contribution < 1.29 is 9.53 Å². The van der Waals surface area contributed by atoms with Gasteiger partial charge in [0, 0.05) is 49.7 Å². The van der Waals surface area contributed by atoms with Gasteiger partial charge >= 0.3 is 6.09 Å². The number of alkyl carbamates (subject to hydrolysis) is 1. The first-order valence-electron chi connectivity index (χ1n) is 9.35. The van der Waals surface area contributed by atoms with Gasteiger partial charge in [-0.25, -0.2) is 14.8 Å². The first-order valence-corrected chi connectivity index (χ1v) is 9.35. The molecule has 1 aliphatic rings. The minimum Gasteiger partial charge on any atom is -0.446 e. The van der Waals surface area contributed by atoms with E-state index < -0.39 is 0 Å². The minimum atomic E-state index is -0.328. The summed E-state index contributed by atoms with van der Waals surface area (Å²) in [7, 11) is 0. The average Bonchev–Trinajstić information content (AvgIpc) is 2.51. The number of nitrogens with zero attached hydrogens (tertiary/aromatic N) is 3. The first-order chi connectivity index (χ1) is 11.8. The molecule has 2 heterocycles. The predicted molar refractivity (Wildman–Crippen MR) is 100.0 cm³/mol. The van der Waals surface area contributed by atoms with Gasteiger partial charge in [0.1, 0.15) is 17.7 Å². The van der Waals surface area contributed by atoms with Crippen LogP contribution < -0.4 is 10.2 Å². The van der Waals surface area contributed by atoms with Crippen molar-refractivity contribution in [3.8, 4) is 0 Å². The topological polar surface area (TPSA) is 67.4 Å². The molecular formula is C19H32N4O2. The Labute approximate surface area is 151 Å². The van der Waals surface area contributed by atoms with E-state index in [1.54, 1.807) is 0 Å². The van der Waals surface area contributed by atoms with Gasteiger partial charge in [0.25, 0.3) is 0 Å². The van der Waals surface area contributed by atoms with E-state index >= 15 is 0 Å². The number of piperidine rings is 1. The van der Waals surface area contributed by atoms with Crippen molar-refractivity contribution >= 4 is 11.9 Å². The lowest BCUT2D eigenvalue weighted by atomic mass is 10.1. The maximum atomic E-state index is 11.9. The molecule has 6 nitrogen and oxygen atoms in total. The Balaban J connectivity index is 1.89. The molecule has 1 fully saturated rings. The number of anilines is 1. The number of carbonyl (C=O) groups is 1. The van der Waals surface area contributed by atoms with E-state index in [-0.39, 0.29) is 17.7 Å². The van der Waals surface area contributed by atoms with Gasteiger partial charge in [-0.2, -0.15) is 0 Å². The predicted octanol–water partition coefficient (Wildman–Crippen LogP) is 3.62. The van der Waals surface area contributed by atoms with Crippen LogP contribution in [0.1, 0.15) is 64.9 Å². The van der Waals surface area contributed by atoms with E-state index in [0.29, 0.717) is 0 Å². The fourth-order valence-electron chi connectivity index (χ4n) is 2.91. The molecule has 1 amide bonds. The lowest BCUT2D eigenvalue weighted by molar-refractivity contribution is 0.0776. The molecule has 0 aliphatic carbocycles. The molecule has 0 unspecified atom stereocenters. The van der Waals surface area contributed by atoms with Crippen LogP contribution in [0.5, 0.6) is 0 Å². The molecule has 2 rings (SSSR count). The minimum absolute atomic E-state index is 0.0268. The van der Waals surface area contributed by atoms with Crippen LogP contribution >= 0.6 is 0 Å². The molecule has 1 saturated heterocycles. The van der Waals surface area contributed by atoms with Gasteiger partial charge in [-0.3, -0.25) is 0 Å². The lowest BCUT2D eigenvalue weighted by Gasteiger charge is -2.33. The molecule has 25 heavy (non-hydrogen) atoms. The molecule has 1 aromatic rings. The van der Waals surface area contributed by atoms with E-state index in [9.17, 15) is 4.79 Å². The summed E-state index contributed by atoms with van der Waals surface area (Å²) in [5, 5.41) is 2.85. The summed E-state index contributed by atoms with van der Waals surface area (Å²) in [5.41, 5.74) is 0.740. The largest absolute Gasteiger partial charge is 0.446 e. The Morgan fingerprint density at radius 2 is 2.00 bits per heavy atom. The molecule has 140 valence electrons. The second kappa shape index (κ2) is 8.50. The quantitative estimate of drug-likeness (QED) is 0.880. The fraction of sp³-hybridized carbons (Fsp3) is 0.737. The second-order valence-corrected chi connectivity index (χ2v) is 7.85. The van der Waals surface area contributed by atoms with Crippen LogP contribution in [0.3, 0.4) is 0 Å². The number of rotatable bonds is 5. The number of hydrogen-bond donors (Lipinski definition) is 1. The lowest BCUT2D eigenvalue weighted by Crippen LogP contribution is -2.44. The van der Waals surface area contributed by atoms with Crippen LogP contribution in [0.4, 0.5) is 10.6 Å². The maximum Gasteiger partial charge on any atom is 0.407 e. The molecule has 0 spiro atoms. The van der Waals surface area contributed by atoms with Crippen LogP contribution in [0.15, 0.2) is 6.07 Å². The molecule has 0 aromatic carbocycles. The standard InChI is InChI=1S/C19H32N4O2/c1-6-7-8-16-20-14(2)13-17(21-16)23-11-9-15(10-12-23)25-18(24)22-19(3,4)5/h13,15H,6-12H2,1-5H3,(H,22,24). The smallest absolute Gasteiger partial charge is 0.407 e. The zero-order chi connectivity index (χ0) is 18.4. The summed E-state index contributed by atoms with van der Waals surface area (Å²) in [4.78, 5) is 23.4. The number of aryl methyl sites for hydroxylation is 2. The molecule has 0 saturated carbocycles. The highest BCUT2D eigenvalue weighted by Crippen LogP contribution is 2.21. The Morgan fingerprint density at radius 1 is 1.32 bits per heavy atom. The fourth-order valence-corrected chi connectivity index (χ4v) is 2.91. The van der Waals surface area contributed by atoms with Gasteiger partial charge in [-0.05, 0) is 34.1 Å². The highest BCUT2D eigenvalue weighted by molar-refractivity contribution is 5.68. The average molecular weight is 348 g/mol. The van der Waals surface area contributed by atoms with Gasteiger partial charge in [-0.15, -0.1) is 0 Å². The third-order valence-electron chi connectivity index (χ3n) is 4.16. The van der Waals surface area contributed by atoms with Gasteiger partial charge < -0.3 is 15.0 Å². The number of hydrogen-bond acceptors (Lipinski definition) is 5. The van der Waals surface area contributed by atoms with Crippen molar-refractivity contribution in [2.24, 2.45) is 0 Å². The normalized spacial score (nSPS) is 16.0. The van der Waals surface area contributed by atoms with Crippen molar-refractivity contribution in [1.82, 2.24) is 15.3 Å². The molecule has 0 atom stereocenters. The van der Waals surface area contributed by atoms with E-state index in [1.807, 2.05) is 33.8 Å². The highest BCUT2D eigenvalue weighted by atomic mass is 16.6. The Morgan fingerprint density at radius 3 is 2.60 bits per heavy atom. The van der Waals surface area contributed by atoms with Crippen molar-refractivity contribution in [2.45, 2.75) is 78.4 Å². The van der Waals surface area contributed by atoms with Gasteiger partial charge in [0.05, 0.1) is 0 Å². The second-order valence-electron chi connectivity index (χ2n) is 7.85. The monoisotopic (exact) mass is 348 g/mol. The van der Waals surface area contributed by atoms with Crippen LogP contribution in [-0.2, 0) is 11.2 Å². The molecule has 1 aromatic heterocycles. The molecule has 0 bridgehead atoms. The van der Waals surface area contributed by atoms with Crippen molar-refractivity contribution in [1.29, 1.82) is 0 Å². The summed E-state index contributed by atoms with van der Waals surface area (Å²) in [6, 6.07) is 2.04. The molecule has 6 heteroatoms. The zero-order valence-electron chi connectivity index (χ0n) is 16.3. The summed E-state index contributed by atoms with van der Waals surface area (Å²) in [6.45, 7) is 11.7. The molecule has 1 aliphatic heterocycles. The number of ether oxygens (including phenoxy) is 1. The van der Waals surface area contributed by atoms with E-state index in [0.717, 1.165) is 62.5 Å². The number of amides is 1. The van der Waals surface area contributed by atoms with Gasteiger partial charge in [-0.1, -0.05) is 13.3 Å². The SMILES string of the molecule is CCCCc1nc(C)cc(N2CCC(OC(=O)NC(C)(C)C)CC2)n1. The zero-order valence-corrected chi connectivity index (χ0v) is 16.3. The highest BCUT2D eigenvalue weighted by Gasteiger charge is 2.25. The van der Waals surface area contributed by atoms with Crippen molar-refractivity contribution in [3.63, 3.8) is 0 Å². The Hall–Kier alpha value is -1.85. The third-order valence-corrected chi connectivity index (χ3v) is 4.16. The van der Waals surface area contributed by atoms with Crippen molar-refractivity contribution in [2.75, 3.05) is 18.0 Å². The number of nitrogens with one attached hydrogen (secondary N) is 1. The van der Waals surface area contributed by atoms with E-state index in [1.165, 1.54) is 0 Å². The number of carbonyl (C=O) groups excluding carboxylic acids is 1. The summed E-state index contributed by atoms with van der Waals surface area (Å²) in [5.74, 6) is 1.93. The first kappa shape index (κ1) is 19.5. The number of unbranched alkanes of at least 4 members (excludes halogenated alkanes) is 1. The van der Waals surface area contributed by atoms with E-state index in [2.05, 4.69) is 22.1 Å². The van der Waals surface area contributed by atoms with Gasteiger partial charge in [0.15, 0.2) is 0 Å². The summed E-state index contributed by atoms with van der Waals surface area (Å²) < 4.78 is 5.54. The Bertz CT molecular complexity index is 575. The maximum absolute atomic E-state index is 11.9. The van der Waals surface area contributed by atoms with E-state index in [4.69, 9.17) is 9.72 Å². The van der Waals surface area contributed by atoms with Gasteiger partial charge in [0.2, 0.25) is 0 Å². The molecule has 0 radical (unpaired) electrons. The number of aromatic nitrogens is 2. The van der Waals surface area contributed by atoms with Crippen LogP contribution in [0.25, 0.3) is 0 Å².